The van der Waals surface area contributed by atoms with Crippen molar-refractivity contribution in [1.29, 1.82) is 0 Å². The van der Waals surface area contributed by atoms with Gasteiger partial charge >= 0.3 is 0 Å². The molecule has 0 radical (unpaired) electrons. The fourth-order valence-corrected chi connectivity index (χ4v) is 2.10. The van der Waals surface area contributed by atoms with E-state index in [1.165, 1.54) is 10.9 Å². The average molecular weight is 186 g/mol. The van der Waals surface area contributed by atoms with Crippen molar-refractivity contribution in [3.63, 3.8) is 0 Å². The lowest BCUT2D eigenvalue weighted by molar-refractivity contribution is 0.419. The van der Waals surface area contributed by atoms with Crippen molar-refractivity contribution in [1.82, 2.24) is 9.97 Å². The Bertz CT molecular complexity index is 498. The highest BCUT2D eigenvalue weighted by Crippen LogP contribution is 2.33. The van der Waals surface area contributed by atoms with Crippen LogP contribution in [-0.4, -0.2) is 17.1 Å². The SMILES string of the molecule is COc1ccc2c3c(ncnc13)CC2. The van der Waals surface area contributed by atoms with Crippen LogP contribution in [-0.2, 0) is 12.8 Å². The quantitative estimate of drug-likeness (QED) is 0.680. The molecule has 0 spiro atoms. The van der Waals surface area contributed by atoms with E-state index in [1.807, 2.05) is 6.07 Å². The molecule has 1 aromatic carbocycles. The standard InChI is InChI=1S/C11H10N2O/c1-14-9-5-3-7-2-4-8-10(7)11(9)13-6-12-8/h3,5-6H,2,4H2,1H3. The Morgan fingerprint density at radius 1 is 1.21 bits per heavy atom. The molecule has 0 fully saturated rings. The fraction of sp³-hybridized carbons (Fsp3) is 0.273. The van der Waals surface area contributed by atoms with Crippen LogP contribution in [0.4, 0.5) is 0 Å². The zero-order chi connectivity index (χ0) is 9.54. The molecule has 3 rings (SSSR count). The number of benzene rings is 1. The molecular formula is C11H10N2O. The maximum absolute atomic E-state index is 5.27. The summed E-state index contributed by atoms with van der Waals surface area (Å²) in [6.45, 7) is 0. The normalized spacial score (nSPS) is 13.5. The summed E-state index contributed by atoms with van der Waals surface area (Å²) in [5.41, 5.74) is 3.45. The highest BCUT2D eigenvalue weighted by Gasteiger charge is 2.17. The van der Waals surface area contributed by atoms with E-state index in [-0.39, 0.29) is 0 Å². The van der Waals surface area contributed by atoms with Crippen LogP contribution in [0.25, 0.3) is 10.9 Å². The van der Waals surface area contributed by atoms with Crippen LogP contribution in [0.1, 0.15) is 11.3 Å². The number of aromatic nitrogens is 2. The van der Waals surface area contributed by atoms with Gasteiger partial charge in [0.1, 0.15) is 17.6 Å². The number of ether oxygens (including phenoxy) is 1. The average Bonchev–Trinajstić information content (AvgIpc) is 2.65. The third-order valence-electron chi connectivity index (χ3n) is 2.77. The van der Waals surface area contributed by atoms with Crippen LogP contribution in [0.5, 0.6) is 5.75 Å². The van der Waals surface area contributed by atoms with Gasteiger partial charge in [-0.05, 0) is 24.5 Å². The van der Waals surface area contributed by atoms with Gasteiger partial charge in [-0.25, -0.2) is 9.97 Å². The van der Waals surface area contributed by atoms with Gasteiger partial charge in [0.05, 0.1) is 12.8 Å². The second-order valence-corrected chi connectivity index (χ2v) is 3.47. The van der Waals surface area contributed by atoms with Gasteiger partial charge in [0, 0.05) is 5.39 Å². The molecule has 2 aromatic rings. The molecule has 0 saturated heterocycles. The van der Waals surface area contributed by atoms with E-state index in [2.05, 4.69) is 16.0 Å². The molecule has 0 aliphatic heterocycles. The van der Waals surface area contributed by atoms with Gasteiger partial charge in [-0.1, -0.05) is 6.07 Å². The van der Waals surface area contributed by atoms with Gasteiger partial charge in [-0.15, -0.1) is 0 Å². The van der Waals surface area contributed by atoms with Gasteiger partial charge in [0.15, 0.2) is 0 Å². The summed E-state index contributed by atoms with van der Waals surface area (Å²) in [4.78, 5) is 8.56. The minimum absolute atomic E-state index is 0.842. The van der Waals surface area contributed by atoms with Crippen LogP contribution in [0, 0.1) is 0 Å². The molecule has 1 aliphatic carbocycles. The van der Waals surface area contributed by atoms with Crippen molar-refractivity contribution in [2.45, 2.75) is 12.8 Å². The van der Waals surface area contributed by atoms with Crippen molar-refractivity contribution >= 4 is 10.9 Å². The van der Waals surface area contributed by atoms with E-state index in [4.69, 9.17) is 4.74 Å². The van der Waals surface area contributed by atoms with Crippen LogP contribution in [0.15, 0.2) is 18.5 Å². The van der Waals surface area contributed by atoms with E-state index >= 15 is 0 Å². The number of aryl methyl sites for hydroxylation is 2. The van der Waals surface area contributed by atoms with Gasteiger partial charge in [0.2, 0.25) is 0 Å². The molecule has 3 nitrogen and oxygen atoms in total. The van der Waals surface area contributed by atoms with Crippen LogP contribution < -0.4 is 4.74 Å². The Morgan fingerprint density at radius 2 is 2.14 bits per heavy atom. The lowest BCUT2D eigenvalue weighted by Gasteiger charge is -2.05. The van der Waals surface area contributed by atoms with E-state index in [1.54, 1.807) is 13.4 Å². The topological polar surface area (TPSA) is 35.0 Å². The van der Waals surface area contributed by atoms with E-state index in [0.717, 1.165) is 29.8 Å². The molecular weight excluding hydrogens is 176 g/mol. The number of hydrogen-bond donors (Lipinski definition) is 0. The van der Waals surface area contributed by atoms with Gasteiger partial charge in [-0.2, -0.15) is 0 Å². The summed E-state index contributed by atoms with van der Waals surface area (Å²) in [5, 5.41) is 1.20. The first-order valence-electron chi connectivity index (χ1n) is 4.69. The number of rotatable bonds is 1. The Labute approximate surface area is 81.8 Å². The summed E-state index contributed by atoms with van der Waals surface area (Å²) in [5.74, 6) is 0.842. The first-order chi connectivity index (χ1) is 6.90. The highest BCUT2D eigenvalue weighted by molar-refractivity contribution is 5.90. The zero-order valence-corrected chi connectivity index (χ0v) is 7.95. The molecule has 0 amide bonds. The maximum Gasteiger partial charge on any atom is 0.145 e. The van der Waals surface area contributed by atoms with Crippen LogP contribution in [0.3, 0.4) is 0 Å². The van der Waals surface area contributed by atoms with Crippen molar-refractivity contribution < 1.29 is 4.74 Å². The Kier molecular flexibility index (Phi) is 1.48. The van der Waals surface area contributed by atoms with E-state index in [9.17, 15) is 0 Å². The first-order valence-corrected chi connectivity index (χ1v) is 4.69. The Morgan fingerprint density at radius 3 is 3.00 bits per heavy atom. The summed E-state index contributed by atoms with van der Waals surface area (Å²) in [6.07, 6.45) is 3.73. The minimum Gasteiger partial charge on any atom is -0.494 e. The Balaban J connectivity index is 2.48. The molecule has 1 heterocycles. The molecule has 14 heavy (non-hydrogen) atoms. The molecule has 0 unspecified atom stereocenters. The largest absolute Gasteiger partial charge is 0.494 e. The fourth-order valence-electron chi connectivity index (χ4n) is 2.10. The van der Waals surface area contributed by atoms with Crippen molar-refractivity contribution in [3.8, 4) is 5.75 Å². The minimum atomic E-state index is 0.842. The summed E-state index contributed by atoms with van der Waals surface area (Å²) >= 11 is 0. The maximum atomic E-state index is 5.27. The molecule has 70 valence electrons. The van der Waals surface area contributed by atoms with Crippen molar-refractivity contribution in [3.05, 3.63) is 29.7 Å². The lowest BCUT2D eigenvalue weighted by atomic mass is 10.1. The van der Waals surface area contributed by atoms with Crippen LogP contribution >= 0.6 is 0 Å². The van der Waals surface area contributed by atoms with Gasteiger partial charge in [-0.3, -0.25) is 0 Å². The molecule has 0 N–H and O–H groups in total. The molecule has 1 aliphatic rings. The molecule has 0 atom stereocenters. The monoisotopic (exact) mass is 186 g/mol. The second-order valence-electron chi connectivity index (χ2n) is 3.47. The Hall–Kier alpha value is -1.64. The third-order valence-corrected chi connectivity index (χ3v) is 2.77. The van der Waals surface area contributed by atoms with E-state index in [0.29, 0.717) is 0 Å². The van der Waals surface area contributed by atoms with Crippen LogP contribution in [0.2, 0.25) is 0 Å². The lowest BCUT2D eigenvalue weighted by Crippen LogP contribution is -1.91. The summed E-state index contributed by atoms with van der Waals surface area (Å²) < 4.78 is 5.27. The summed E-state index contributed by atoms with van der Waals surface area (Å²) in [6, 6.07) is 4.10. The number of nitrogens with zero attached hydrogens (tertiary/aromatic N) is 2. The molecule has 0 saturated carbocycles. The number of methoxy groups -OCH3 is 1. The summed E-state index contributed by atoms with van der Waals surface area (Å²) in [7, 11) is 1.67. The smallest absolute Gasteiger partial charge is 0.145 e. The first kappa shape index (κ1) is 7.74. The number of hydrogen-bond acceptors (Lipinski definition) is 3. The zero-order valence-electron chi connectivity index (χ0n) is 7.95. The van der Waals surface area contributed by atoms with Crippen molar-refractivity contribution in [2.24, 2.45) is 0 Å². The molecule has 1 aromatic heterocycles. The highest BCUT2D eigenvalue weighted by atomic mass is 16.5. The van der Waals surface area contributed by atoms with Gasteiger partial charge < -0.3 is 4.74 Å². The second kappa shape index (κ2) is 2.67. The third kappa shape index (κ3) is 0.867. The van der Waals surface area contributed by atoms with E-state index < -0.39 is 0 Å². The predicted octanol–water partition coefficient (Wildman–Crippen LogP) is 1.74. The predicted molar refractivity (Wildman–Crippen MR) is 53.5 cm³/mol. The van der Waals surface area contributed by atoms with Gasteiger partial charge in [0.25, 0.3) is 0 Å². The molecule has 3 heteroatoms. The molecule has 0 bridgehead atoms. The van der Waals surface area contributed by atoms with Crippen molar-refractivity contribution in [2.75, 3.05) is 7.11 Å².